The van der Waals surface area contributed by atoms with E-state index in [9.17, 15) is 4.79 Å². The molecule has 1 aromatic heterocycles. The van der Waals surface area contributed by atoms with Gasteiger partial charge in [-0.1, -0.05) is 0 Å². The molecule has 0 saturated heterocycles. The maximum Gasteiger partial charge on any atom is 0.335 e. The zero-order chi connectivity index (χ0) is 14.3. The number of carboxylic acids is 1. The van der Waals surface area contributed by atoms with Crippen LogP contribution in [0.5, 0.6) is 0 Å². The molecule has 0 amide bonds. The second-order valence-corrected chi connectivity index (χ2v) is 4.13. The molecule has 19 heavy (non-hydrogen) atoms. The lowest BCUT2D eigenvalue weighted by Gasteiger charge is -2.23. The Bertz CT molecular complexity index is 415. The first-order chi connectivity index (χ1) is 9.08. The van der Waals surface area contributed by atoms with Crippen LogP contribution in [0.25, 0.3) is 0 Å². The van der Waals surface area contributed by atoms with Gasteiger partial charge in [0.25, 0.3) is 0 Å². The molecule has 1 aromatic rings. The number of rotatable bonds is 8. The number of ether oxygens (including phenoxy) is 2. The summed E-state index contributed by atoms with van der Waals surface area (Å²) >= 11 is 0. The predicted molar refractivity (Wildman–Crippen MR) is 71.9 cm³/mol. The molecule has 0 atom stereocenters. The molecule has 0 aliphatic carbocycles. The molecule has 0 radical (unpaired) electrons. The normalized spacial score (nSPS) is 10.5. The van der Waals surface area contributed by atoms with Gasteiger partial charge in [0, 0.05) is 33.0 Å². The van der Waals surface area contributed by atoms with Gasteiger partial charge in [-0.3, -0.25) is 0 Å². The Balaban J connectivity index is 2.95. The van der Waals surface area contributed by atoms with E-state index in [1.54, 1.807) is 33.3 Å². The van der Waals surface area contributed by atoms with Gasteiger partial charge in [-0.25, -0.2) is 9.78 Å². The summed E-state index contributed by atoms with van der Waals surface area (Å²) in [6.07, 6.45) is 0. The molecular weight excluding hydrogens is 248 g/mol. The summed E-state index contributed by atoms with van der Waals surface area (Å²) in [7, 11) is 3.25. The molecule has 0 bridgehead atoms. The van der Waals surface area contributed by atoms with Crippen LogP contribution in [-0.2, 0) is 9.47 Å². The van der Waals surface area contributed by atoms with E-state index in [-0.39, 0.29) is 5.56 Å². The minimum absolute atomic E-state index is 0.238. The predicted octanol–water partition coefficient (Wildman–Crippen LogP) is 1.19. The molecule has 106 valence electrons. The highest BCUT2D eigenvalue weighted by Gasteiger charge is 2.12. The van der Waals surface area contributed by atoms with Gasteiger partial charge in [0.05, 0.1) is 18.8 Å². The Hall–Kier alpha value is -1.66. The van der Waals surface area contributed by atoms with Gasteiger partial charge in [0.2, 0.25) is 0 Å². The highest BCUT2D eigenvalue weighted by molar-refractivity contribution is 5.88. The lowest BCUT2D eigenvalue weighted by atomic mass is 10.2. The fraction of sp³-hybridized carbons (Fsp3) is 0.538. The van der Waals surface area contributed by atoms with Crippen molar-refractivity contribution in [1.29, 1.82) is 0 Å². The SMILES string of the molecule is COCCN(CCOC)c1cc(C(=O)O)cc(C)n1. The van der Waals surface area contributed by atoms with Crippen LogP contribution in [0.1, 0.15) is 16.1 Å². The lowest BCUT2D eigenvalue weighted by molar-refractivity contribution is 0.0696. The van der Waals surface area contributed by atoms with Crippen molar-refractivity contribution in [3.8, 4) is 0 Å². The van der Waals surface area contributed by atoms with Crippen LogP contribution in [0, 0.1) is 6.92 Å². The summed E-state index contributed by atoms with van der Waals surface area (Å²) in [6, 6.07) is 3.12. The first kappa shape index (κ1) is 15.4. The molecule has 0 aliphatic rings. The van der Waals surface area contributed by atoms with E-state index in [0.29, 0.717) is 37.8 Å². The highest BCUT2D eigenvalue weighted by Crippen LogP contribution is 2.15. The van der Waals surface area contributed by atoms with E-state index >= 15 is 0 Å². The minimum Gasteiger partial charge on any atom is -0.478 e. The molecule has 1 N–H and O–H groups in total. The van der Waals surface area contributed by atoms with E-state index in [1.807, 2.05) is 4.90 Å². The molecule has 6 heteroatoms. The molecule has 1 heterocycles. The molecule has 0 aliphatic heterocycles. The average Bonchev–Trinajstić information content (AvgIpc) is 2.38. The van der Waals surface area contributed by atoms with Gasteiger partial charge in [-0.2, -0.15) is 0 Å². The smallest absolute Gasteiger partial charge is 0.335 e. The number of carbonyl (C=O) groups is 1. The minimum atomic E-state index is -0.954. The summed E-state index contributed by atoms with van der Waals surface area (Å²) < 4.78 is 10.1. The molecule has 6 nitrogen and oxygen atoms in total. The van der Waals surface area contributed by atoms with Crippen LogP contribution in [-0.4, -0.2) is 56.6 Å². The van der Waals surface area contributed by atoms with Crippen LogP contribution in [0.3, 0.4) is 0 Å². The number of anilines is 1. The lowest BCUT2D eigenvalue weighted by Crippen LogP contribution is -2.31. The number of carboxylic acid groups (broad SMARTS) is 1. The summed E-state index contributed by atoms with van der Waals surface area (Å²) in [5.74, 6) is -0.323. The maximum absolute atomic E-state index is 11.1. The third-order valence-electron chi connectivity index (χ3n) is 2.64. The van der Waals surface area contributed by atoms with E-state index < -0.39 is 5.97 Å². The Labute approximate surface area is 113 Å². The molecule has 0 saturated carbocycles. The fourth-order valence-corrected chi connectivity index (χ4v) is 1.68. The zero-order valence-electron chi connectivity index (χ0n) is 11.5. The first-order valence-electron chi connectivity index (χ1n) is 6.03. The number of aromatic carboxylic acids is 1. The number of aryl methyl sites for hydroxylation is 1. The van der Waals surface area contributed by atoms with Gasteiger partial charge in [0.15, 0.2) is 0 Å². The summed E-state index contributed by atoms with van der Waals surface area (Å²) in [5, 5.41) is 9.07. The Morgan fingerprint density at radius 1 is 1.26 bits per heavy atom. The number of hydrogen-bond acceptors (Lipinski definition) is 5. The summed E-state index contributed by atoms with van der Waals surface area (Å²) in [4.78, 5) is 17.4. The van der Waals surface area contributed by atoms with Crippen LogP contribution < -0.4 is 4.90 Å². The highest BCUT2D eigenvalue weighted by atomic mass is 16.5. The van der Waals surface area contributed by atoms with Crippen molar-refractivity contribution in [1.82, 2.24) is 4.98 Å². The summed E-state index contributed by atoms with van der Waals surface area (Å²) in [6.45, 7) is 4.13. The third-order valence-corrected chi connectivity index (χ3v) is 2.64. The van der Waals surface area contributed by atoms with Crippen molar-refractivity contribution in [3.63, 3.8) is 0 Å². The zero-order valence-corrected chi connectivity index (χ0v) is 11.5. The van der Waals surface area contributed by atoms with Gasteiger partial charge in [0.1, 0.15) is 5.82 Å². The number of pyridine rings is 1. The number of nitrogens with zero attached hydrogens (tertiary/aromatic N) is 2. The molecular formula is C13H20N2O4. The largest absolute Gasteiger partial charge is 0.478 e. The van der Waals surface area contributed by atoms with Crippen molar-refractivity contribution >= 4 is 11.8 Å². The quantitative estimate of drug-likeness (QED) is 0.763. The van der Waals surface area contributed by atoms with E-state index in [0.717, 1.165) is 0 Å². The van der Waals surface area contributed by atoms with Crippen LogP contribution in [0.15, 0.2) is 12.1 Å². The average molecular weight is 268 g/mol. The molecule has 0 spiro atoms. The van der Waals surface area contributed by atoms with Gasteiger partial charge < -0.3 is 19.5 Å². The molecule has 0 aromatic carbocycles. The van der Waals surface area contributed by atoms with Crippen molar-refractivity contribution in [2.75, 3.05) is 45.4 Å². The fourth-order valence-electron chi connectivity index (χ4n) is 1.68. The van der Waals surface area contributed by atoms with Crippen LogP contribution in [0.4, 0.5) is 5.82 Å². The maximum atomic E-state index is 11.1. The van der Waals surface area contributed by atoms with Crippen LogP contribution in [0.2, 0.25) is 0 Å². The number of methoxy groups -OCH3 is 2. The van der Waals surface area contributed by atoms with Gasteiger partial charge in [-0.05, 0) is 19.1 Å². The van der Waals surface area contributed by atoms with Crippen molar-refractivity contribution in [2.45, 2.75) is 6.92 Å². The molecule has 0 fully saturated rings. The topological polar surface area (TPSA) is 71.9 Å². The molecule has 1 rings (SSSR count). The summed E-state index contributed by atoms with van der Waals surface area (Å²) in [5.41, 5.74) is 0.914. The van der Waals surface area contributed by atoms with Crippen molar-refractivity contribution < 1.29 is 19.4 Å². The second kappa shape index (κ2) is 7.70. The van der Waals surface area contributed by atoms with Gasteiger partial charge in [-0.15, -0.1) is 0 Å². The Kier molecular flexibility index (Phi) is 6.24. The molecule has 0 unspecified atom stereocenters. The van der Waals surface area contributed by atoms with Crippen molar-refractivity contribution in [3.05, 3.63) is 23.4 Å². The standard InChI is InChI=1S/C13H20N2O4/c1-10-8-11(13(16)17)9-12(14-10)15(4-6-18-2)5-7-19-3/h8-9H,4-7H2,1-3H3,(H,16,17). The Morgan fingerprint density at radius 3 is 2.32 bits per heavy atom. The number of hydrogen-bond donors (Lipinski definition) is 1. The Morgan fingerprint density at radius 2 is 1.84 bits per heavy atom. The second-order valence-electron chi connectivity index (χ2n) is 4.13. The van der Waals surface area contributed by atoms with E-state index in [4.69, 9.17) is 14.6 Å². The monoisotopic (exact) mass is 268 g/mol. The van der Waals surface area contributed by atoms with Gasteiger partial charge >= 0.3 is 5.97 Å². The van der Waals surface area contributed by atoms with E-state index in [2.05, 4.69) is 4.98 Å². The van der Waals surface area contributed by atoms with Crippen LogP contribution >= 0.6 is 0 Å². The third kappa shape index (κ3) is 4.84. The van der Waals surface area contributed by atoms with Crippen molar-refractivity contribution in [2.24, 2.45) is 0 Å². The van der Waals surface area contributed by atoms with E-state index in [1.165, 1.54) is 0 Å². The number of aromatic nitrogens is 1. The first-order valence-corrected chi connectivity index (χ1v) is 6.03.